The Kier molecular flexibility index (Phi) is 5.48. The molecule has 0 fully saturated rings. The normalized spacial score (nSPS) is 17.0. The van der Waals surface area contributed by atoms with Gasteiger partial charge in [-0.2, -0.15) is 0 Å². The lowest BCUT2D eigenvalue weighted by Gasteiger charge is -2.27. The van der Waals surface area contributed by atoms with Crippen molar-refractivity contribution in [2.45, 2.75) is 49.6 Å². The Balaban J connectivity index is 1.48. The molecule has 3 aromatic rings. The number of fused-ring (bicyclic) bond motifs is 1. The zero-order valence-corrected chi connectivity index (χ0v) is 16.9. The number of benzene rings is 2. The summed E-state index contributed by atoms with van der Waals surface area (Å²) >= 11 is 1.44. The predicted octanol–water partition coefficient (Wildman–Crippen LogP) is 4.25. The molecule has 1 amide bonds. The first-order valence-corrected chi connectivity index (χ1v) is 10.5. The van der Waals surface area contributed by atoms with Crippen molar-refractivity contribution >= 4 is 17.7 Å². The minimum absolute atomic E-state index is 0.0342. The van der Waals surface area contributed by atoms with E-state index in [2.05, 4.69) is 33.7 Å². The number of nitrogens with zero attached hydrogens (tertiary/aromatic N) is 3. The number of aromatic nitrogens is 3. The Labute approximate surface area is 169 Å². The van der Waals surface area contributed by atoms with Crippen molar-refractivity contribution in [1.29, 1.82) is 0 Å². The van der Waals surface area contributed by atoms with Crippen molar-refractivity contribution in [2.75, 3.05) is 0 Å². The van der Waals surface area contributed by atoms with Crippen LogP contribution in [-0.2, 0) is 11.2 Å². The minimum atomic E-state index is -0.264. The number of thioether (sulfide) groups is 1. The summed E-state index contributed by atoms with van der Waals surface area (Å²) in [5, 5.41) is 12.2. The average Bonchev–Trinajstić information content (AvgIpc) is 3.09. The third kappa shape index (κ3) is 3.83. The van der Waals surface area contributed by atoms with Gasteiger partial charge in [0.1, 0.15) is 5.82 Å². The van der Waals surface area contributed by atoms with Crippen LogP contribution in [-0.4, -0.2) is 25.9 Å². The number of hydrogen-bond acceptors (Lipinski definition) is 4. The van der Waals surface area contributed by atoms with Crippen molar-refractivity contribution in [2.24, 2.45) is 0 Å². The van der Waals surface area contributed by atoms with Crippen LogP contribution >= 0.6 is 11.8 Å². The molecule has 4 rings (SSSR count). The van der Waals surface area contributed by atoms with Gasteiger partial charge in [0.25, 0.3) is 0 Å². The third-order valence-electron chi connectivity index (χ3n) is 5.15. The van der Waals surface area contributed by atoms with Crippen molar-refractivity contribution in [3.05, 3.63) is 71.5 Å². The summed E-state index contributed by atoms with van der Waals surface area (Å²) in [5.74, 6) is 0.842. The van der Waals surface area contributed by atoms with Gasteiger partial charge in [-0.3, -0.25) is 9.36 Å². The number of amides is 1. The van der Waals surface area contributed by atoms with Gasteiger partial charge in [-0.15, -0.1) is 10.2 Å². The molecule has 0 radical (unpaired) electrons. The van der Waals surface area contributed by atoms with Gasteiger partial charge in [-0.05, 0) is 56.4 Å². The highest BCUT2D eigenvalue weighted by Crippen LogP contribution is 2.31. The van der Waals surface area contributed by atoms with Gasteiger partial charge >= 0.3 is 0 Å². The Morgan fingerprint density at radius 1 is 1.14 bits per heavy atom. The Morgan fingerprint density at radius 3 is 2.71 bits per heavy atom. The molecule has 5 nitrogen and oxygen atoms in total. The van der Waals surface area contributed by atoms with Crippen molar-refractivity contribution in [1.82, 2.24) is 20.1 Å². The number of aryl methyl sites for hydroxylation is 2. The first-order chi connectivity index (χ1) is 13.6. The van der Waals surface area contributed by atoms with Crippen LogP contribution < -0.4 is 5.32 Å². The molecule has 0 spiro atoms. The van der Waals surface area contributed by atoms with Gasteiger partial charge in [-0.1, -0.05) is 54.2 Å². The second-order valence-electron chi connectivity index (χ2n) is 7.11. The van der Waals surface area contributed by atoms with Crippen LogP contribution in [0.2, 0.25) is 0 Å². The highest BCUT2D eigenvalue weighted by Gasteiger charge is 2.25. The minimum Gasteiger partial charge on any atom is -0.348 e. The molecule has 28 heavy (non-hydrogen) atoms. The summed E-state index contributed by atoms with van der Waals surface area (Å²) < 4.78 is 1.99. The van der Waals surface area contributed by atoms with E-state index in [9.17, 15) is 4.79 Å². The lowest BCUT2D eigenvalue weighted by molar-refractivity contribution is -0.121. The van der Waals surface area contributed by atoms with E-state index in [0.29, 0.717) is 0 Å². The number of nitrogens with one attached hydrogen (secondary N) is 1. The largest absolute Gasteiger partial charge is 0.348 e. The quantitative estimate of drug-likeness (QED) is 0.660. The maximum absolute atomic E-state index is 12.9. The van der Waals surface area contributed by atoms with E-state index >= 15 is 0 Å². The molecular formula is C22H24N4OS. The molecule has 2 atom stereocenters. The van der Waals surface area contributed by atoms with E-state index in [1.807, 2.05) is 54.8 Å². The van der Waals surface area contributed by atoms with Crippen molar-refractivity contribution < 1.29 is 4.79 Å². The predicted molar refractivity (Wildman–Crippen MR) is 112 cm³/mol. The van der Waals surface area contributed by atoms with E-state index in [0.717, 1.165) is 35.9 Å². The SMILES string of the molecule is Cc1nnc(S[C@@H](C)C(=O)N[C@@H]2CCCc3ccccc32)n1-c1ccccc1. The zero-order valence-electron chi connectivity index (χ0n) is 16.1. The lowest BCUT2D eigenvalue weighted by atomic mass is 9.88. The zero-order chi connectivity index (χ0) is 19.5. The lowest BCUT2D eigenvalue weighted by Crippen LogP contribution is -2.36. The summed E-state index contributed by atoms with van der Waals surface area (Å²) in [5.41, 5.74) is 3.60. The average molecular weight is 393 g/mol. The fourth-order valence-corrected chi connectivity index (χ4v) is 4.62. The highest BCUT2D eigenvalue weighted by molar-refractivity contribution is 8.00. The number of carbonyl (C=O) groups is 1. The molecule has 0 saturated carbocycles. The van der Waals surface area contributed by atoms with Gasteiger partial charge in [0.15, 0.2) is 5.16 Å². The van der Waals surface area contributed by atoms with E-state index in [4.69, 9.17) is 0 Å². The van der Waals surface area contributed by atoms with Gasteiger partial charge in [0.05, 0.1) is 11.3 Å². The molecule has 6 heteroatoms. The number of para-hydroxylation sites is 1. The Morgan fingerprint density at radius 2 is 1.89 bits per heavy atom. The molecule has 1 aromatic heterocycles. The van der Waals surface area contributed by atoms with Crippen LogP contribution in [0.25, 0.3) is 5.69 Å². The fraction of sp³-hybridized carbons (Fsp3) is 0.318. The summed E-state index contributed by atoms with van der Waals surface area (Å²) in [6.45, 7) is 3.85. The summed E-state index contributed by atoms with van der Waals surface area (Å²) in [7, 11) is 0. The fourth-order valence-electron chi connectivity index (χ4n) is 3.70. The summed E-state index contributed by atoms with van der Waals surface area (Å²) in [4.78, 5) is 12.9. The van der Waals surface area contributed by atoms with E-state index in [1.54, 1.807) is 0 Å². The van der Waals surface area contributed by atoms with Gasteiger partial charge < -0.3 is 5.32 Å². The molecule has 0 bridgehead atoms. The number of hydrogen-bond donors (Lipinski definition) is 1. The molecule has 1 aliphatic rings. The standard InChI is InChI=1S/C22H24N4OS/c1-15(21(27)23-20-14-8-10-17-9-6-7-13-19(17)20)28-22-25-24-16(2)26(22)18-11-4-3-5-12-18/h3-7,9,11-13,15,20H,8,10,14H2,1-2H3,(H,23,27)/t15-,20+/m0/s1. The van der Waals surface area contributed by atoms with Crippen molar-refractivity contribution in [3.63, 3.8) is 0 Å². The van der Waals surface area contributed by atoms with Crippen LogP contribution in [0.15, 0.2) is 59.8 Å². The summed E-state index contributed by atoms with van der Waals surface area (Å²) in [6, 6.07) is 18.5. The monoisotopic (exact) mass is 392 g/mol. The Bertz CT molecular complexity index is 970. The van der Waals surface area contributed by atoms with Gasteiger partial charge in [0.2, 0.25) is 5.91 Å². The Hall–Kier alpha value is -2.60. The maximum Gasteiger partial charge on any atom is 0.233 e. The molecule has 1 heterocycles. The molecule has 0 aliphatic heterocycles. The molecule has 2 aromatic carbocycles. The molecule has 1 N–H and O–H groups in total. The van der Waals surface area contributed by atoms with E-state index < -0.39 is 0 Å². The smallest absolute Gasteiger partial charge is 0.233 e. The van der Waals surface area contributed by atoms with Gasteiger partial charge in [0, 0.05) is 5.69 Å². The molecule has 0 unspecified atom stereocenters. The van der Waals surface area contributed by atoms with Crippen molar-refractivity contribution in [3.8, 4) is 5.69 Å². The second-order valence-corrected chi connectivity index (χ2v) is 8.42. The van der Waals surface area contributed by atoms with Crippen LogP contribution in [0.5, 0.6) is 0 Å². The molecule has 144 valence electrons. The first-order valence-electron chi connectivity index (χ1n) is 9.66. The van der Waals surface area contributed by atoms with E-state index in [1.165, 1.54) is 22.9 Å². The van der Waals surface area contributed by atoms with Crippen LogP contribution in [0, 0.1) is 6.92 Å². The third-order valence-corrected chi connectivity index (χ3v) is 6.19. The van der Waals surface area contributed by atoms with Crippen LogP contribution in [0.1, 0.15) is 42.8 Å². The summed E-state index contributed by atoms with van der Waals surface area (Å²) in [6.07, 6.45) is 3.18. The topological polar surface area (TPSA) is 59.8 Å². The maximum atomic E-state index is 12.9. The molecule has 0 saturated heterocycles. The van der Waals surface area contributed by atoms with Crippen LogP contribution in [0.4, 0.5) is 0 Å². The first kappa shape index (κ1) is 18.7. The van der Waals surface area contributed by atoms with Gasteiger partial charge in [-0.25, -0.2) is 0 Å². The van der Waals surface area contributed by atoms with Crippen LogP contribution in [0.3, 0.4) is 0 Å². The molecule has 1 aliphatic carbocycles. The van der Waals surface area contributed by atoms with E-state index in [-0.39, 0.29) is 17.2 Å². The second kappa shape index (κ2) is 8.19. The number of rotatable bonds is 5. The highest BCUT2D eigenvalue weighted by atomic mass is 32.2. The number of carbonyl (C=O) groups excluding carboxylic acids is 1. The molecular weight excluding hydrogens is 368 g/mol.